The van der Waals surface area contributed by atoms with Crippen LogP contribution in [0, 0.1) is 0 Å². The predicted molar refractivity (Wildman–Crippen MR) is 65.5 cm³/mol. The number of nitrogens with one attached hydrogen (secondary N) is 1. The zero-order valence-electron chi connectivity index (χ0n) is 9.56. The Morgan fingerprint density at radius 3 is 2.94 bits per heavy atom. The first kappa shape index (κ1) is 11.4. The molecule has 0 fully saturated rings. The van der Waals surface area contributed by atoms with Gasteiger partial charge in [0.25, 0.3) is 0 Å². The third kappa shape index (κ3) is 2.93. The summed E-state index contributed by atoms with van der Waals surface area (Å²) in [7, 11) is 0. The summed E-state index contributed by atoms with van der Waals surface area (Å²) in [6, 6.07) is 3.87. The lowest BCUT2D eigenvalue weighted by Gasteiger charge is -1.99. The van der Waals surface area contributed by atoms with Crippen molar-refractivity contribution in [1.82, 2.24) is 10.3 Å². The van der Waals surface area contributed by atoms with Crippen molar-refractivity contribution >= 4 is 11.3 Å². The quantitative estimate of drug-likeness (QED) is 0.866. The van der Waals surface area contributed by atoms with Gasteiger partial charge >= 0.3 is 0 Å². The van der Waals surface area contributed by atoms with Gasteiger partial charge in [0.05, 0.1) is 12.8 Å². The van der Waals surface area contributed by atoms with Crippen LogP contribution in [0.25, 0.3) is 0 Å². The van der Waals surface area contributed by atoms with Crippen LogP contribution in [0.5, 0.6) is 0 Å². The Bertz CT molecular complexity index is 420. The highest BCUT2D eigenvalue weighted by Gasteiger charge is 2.05. The lowest BCUT2D eigenvalue weighted by molar-refractivity contribution is 0.483. The molecule has 1 N–H and O–H groups in total. The molecular weight excluding hydrogens is 220 g/mol. The van der Waals surface area contributed by atoms with E-state index in [1.807, 2.05) is 18.3 Å². The molecule has 0 aliphatic carbocycles. The Kier molecular flexibility index (Phi) is 3.74. The van der Waals surface area contributed by atoms with Gasteiger partial charge in [0.1, 0.15) is 10.8 Å². The van der Waals surface area contributed by atoms with Crippen LogP contribution in [-0.2, 0) is 13.1 Å². The first-order valence-electron chi connectivity index (χ1n) is 5.43. The van der Waals surface area contributed by atoms with E-state index in [0.717, 1.165) is 23.9 Å². The van der Waals surface area contributed by atoms with Crippen molar-refractivity contribution in [1.29, 1.82) is 0 Å². The lowest BCUT2D eigenvalue weighted by atomic mass is 10.2. The van der Waals surface area contributed by atoms with Gasteiger partial charge in [0, 0.05) is 17.6 Å². The molecule has 2 rings (SSSR count). The molecule has 0 aliphatic heterocycles. The summed E-state index contributed by atoms with van der Waals surface area (Å²) < 4.78 is 5.24. The summed E-state index contributed by atoms with van der Waals surface area (Å²) in [6.07, 6.45) is 3.66. The molecule has 4 heteroatoms. The van der Waals surface area contributed by atoms with E-state index in [1.165, 1.54) is 4.88 Å². The Morgan fingerprint density at radius 1 is 1.44 bits per heavy atom. The molecule has 0 amide bonds. The molecule has 3 nitrogen and oxygen atoms in total. The van der Waals surface area contributed by atoms with E-state index < -0.39 is 0 Å². The molecule has 0 radical (unpaired) electrons. The maximum atomic E-state index is 5.24. The van der Waals surface area contributed by atoms with Crippen molar-refractivity contribution in [2.24, 2.45) is 0 Å². The number of rotatable bonds is 5. The third-order valence-corrected chi connectivity index (χ3v) is 3.59. The number of nitrogens with zero attached hydrogens (tertiary/aromatic N) is 1. The summed E-state index contributed by atoms with van der Waals surface area (Å²) in [5.74, 6) is 1.52. The number of hydrogen-bond donors (Lipinski definition) is 1. The van der Waals surface area contributed by atoms with E-state index in [4.69, 9.17) is 4.42 Å². The molecule has 0 bridgehead atoms. The van der Waals surface area contributed by atoms with Gasteiger partial charge in [-0.3, -0.25) is 0 Å². The van der Waals surface area contributed by atoms with Crippen molar-refractivity contribution in [3.05, 3.63) is 40.2 Å². The minimum Gasteiger partial charge on any atom is -0.468 e. The standard InChI is InChI=1S/C12H16N2OS/c1-9(2)11-7-14-12(16-11)8-13-6-10-4-3-5-15-10/h3-5,7,9,13H,6,8H2,1-2H3. The van der Waals surface area contributed by atoms with E-state index in [2.05, 4.69) is 24.1 Å². The number of thiazole rings is 1. The van der Waals surface area contributed by atoms with E-state index in [-0.39, 0.29) is 0 Å². The molecule has 2 aromatic rings. The highest BCUT2D eigenvalue weighted by Crippen LogP contribution is 2.21. The average molecular weight is 236 g/mol. The van der Waals surface area contributed by atoms with Crippen LogP contribution < -0.4 is 5.32 Å². The normalized spacial score (nSPS) is 11.2. The Morgan fingerprint density at radius 2 is 2.31 bits per heavy atom. The summed E-state index contributed by atoms with van der Waals surface area (Å²) in [4.78, 5) is 5.72. The fourth-order valence-electron chi connectivity index (χ4n) is 1.38. The third-order valence-electron chi connectivity index (χ3n) is 2.30. The van der Waals surface area contributed by atoms with E-state index in [0.29, 0.717) is 5.92 Å². The predicted octanol–water partition coefficient (Wildman–Crippen LogP) is 3.15. The van der Waals surface area contributed by atoms with Gasteiger partial charge in [0.15, 0.2) is 0 Å². The summed E-state index contributed by atoms with van der Waals surface area (Å²) in [5.41, 5.74) is 0. The summed E-state index contributed by atoms with van der Waals surface area (Å²) >= 11 is 1.77. The fourth-order valence-corrected chi connectivity index (χ4v) is 2.27. The van der Waals surface area contributed by atoms with Gasteiger partial charge in [-0.2, -0.15) is 0 Å². The molecule has 0 aromatic carbocycles. The van der Waals surface area contributed by atoms with Crippen LogP contribution in [0.4, 0.5) is 0 Å². The Balaban J connectivity index is 1.81. The van der Waals surface area contributed by atoms with E-state index in [9.17, 15) is 0 Å². The first-order chi connectivity index (χ1) is 7.75. The summed E-state index contributed by atoms with van der Waals surface area (Å²) in [5, 5.41) is 4.44. The first-order valence-corrected chi connectivity index (χ1v) is 6.25. The number of aromatic nitrogens is 1. The molecule has 2 heterocycles. The lowest BCUT2D eigenvalue weighted by Crippen LogP contribution is -2.11. The highest BCUT2D eigenvalue weighted by atomic mass is 32.1. The zero-order valence-corrected chi connectivity index (χ0v) is 10.4. The van der Waals surface area contributed by atoms with Crippen LogP contribution in [0.3, 0.4) is 0 Å². The van der Waals surface area contributed by atoms with E-state index in [1.54, 1.807) is 17.6 Å². The van der Waals surface area contributed by atoms with E-state index >= 15 is 0 Å². The monoisotopic (exact) mass is 236 g/mol. The second-order valence-corrected chi connectivity index (χ2v) is 5.14. The molecule has 0 spiro atoms. The van der Waals surface area contributed by atoms with Gasteiger partial charge in [-0.25, -0.2) is 4.98 Å². The van der Waals surface area contributed by atoms with Crippen LogP contribution >= 0.6 is 11.3 Å². The van der Waals surface area contributed by atoms with Crippen LogP contribution in [0.15, 0.2) is 29.0 Å². The molecular formula is C12H16N2OS. The highest BCUT2D eigenvalue weighted by molar-refractivity contribution is 7.11. The molecule has 0 atom stereocenters. The topological polar surface area (TPSA) is 38.1 Å². The SMILES string of the molecule is CC(C)c1cnc(CNCc2ccco2)s1. The van der Waals surface area contributed by atoms with Crippen molar-refractivity contribution in [2.45, 2.75) is 32.9 Å². The second kappa shape index (κ2) is 5.27. The molecule has 0 saturated heterocycles. The summed E-state index contributed by atoms with van der Waals surface area (Å²) in [6.45, 7) is 5.93. The van der Waals surface area contributed by atoms with Gasteiger partial charge in [0.2, 0.25) is 0 Å². The Labute approximate surface area is 99.5 Å². The molecule has 2 aromatic heterocycles. The Hall–Kier alpha value is -1.13. The van der Waals surface area contributed by atoms with Crippen molar-refractivity contribution in [3.63, 3.8) is 0 Å². The van der Waals surface area contributed by atoms with Crippen LogP contribution in [0.1, 0.15) is 35.4 Å². The van der Waals surface area contributed by atoms with Gasteiger partial charge in [-0.05, 0) is 18.1 Å². The fraction of sp³-hybridized carbons (Fsp3) is 0.417. The second-order valence-electron chi connectivity index (χ2n) is 3.99. The largest absolute Gasteiger partial charge is 0.468 e. The van der Waals surface area contributed by atoms with Crippen LogP contribution in [-0.4, -0.2) is 4.98 Å². The number of hydrogen-bond acceptors (Lipinski definition) is 4. The molecule has 86 valence electrons. The van der Waals surface area contributed by atoms with Gasteiger partial charge in [-0.1, -0.05) is 13.8 Å². The minimum atomic E-state index is 0.566. The smallest absolute Gasteiger partial charge is 0.117 e. The average Bonchev–Trinajstić information content (AvgIpc) is 2.87. The van der Waals surface area contributed by atoms with Crippen molar-refractivity contribution in [3.8, 4) is 0 Å². The van der Waals surface area contributed by atoms with Crippen molar-refractivity contribution in [2.75, 3.05) is 0 Å². The van der Waals surface area contributed by atoms with Gasteiger partial charge in [-0.15, -0.1) is 11.3 Å². The van der Waals surface area contributed by atoms with Crippen molar-refractivity contribution < 1.29 is 4.42 Å². The minimum absolute atomic E-state index is 0.566. The van der Waals surface area contributed by atoms with Crippen LogP contribution in [0.2, 0.25) is 0 Å². The maximum Gasteiger partial charge on any atom is 0.117 e. The van der Waals surface area contributed by atoms with Gasteiger partial charge < -0.3 is 9.73 Å². The molecule has 0 aliphatic rings. The number of furan rings is 1. The zero-order chi connectivity index (χ0) is 11.4. The maximum absolute atomic E-state index is 5.24. The molecule has 0 saturated carbocycles. The molecule has 16 heavy (non-hydrogen) atoms. The molecule has 0 unspecified atom stereocenters.